The molecule has 2 nitrogen and oxygen atoms in total. The maximum Gasteiger partial charge on any atom is 0.0701 e. The maximum absolute atomic E-state index is 6.01. The number of thiophene rings is 1. The molecule has 1 aliphatic carbocycles. The molecule has 3 rings (SSSR count). The SMILES string of the molecule is NC1CCC(C2(c3ccc(Br)s3)COC2)CC1. The first kappa shape index (κ1) is 12.2. The minimum Gasteiger partial charge on any atom is -0.379 e. The molecule has 1 aromatic heterocycles. The minimum absolute atomic E-state index is 0.302. The predicted molar refractivity (Wildman–Crippen MR) is 74.4 cm³/mol. The van der Waals surface area contributed by atoms with Crippen LogP contribution in [-0.4, -0.2) is 19.3 Å². The topological polar surface area (TPSA) is 35.2 Å². The average molecular weight is 316 g/mol. The molecule has 17 heavy (non-hydrogen) atoms. The summed E-state index contributed by atoms with van der Waals surface area (Å²) >= 11 is 5.44. The molecule has 0 spiro atoms. The van der Waals surface area contributed by atoms with Crippen LogP contribution in [0.2, 0.25) is 0 Å². The van der Waals surface area contributed by atoms with Crippen molar-refractivity contribution in [3.8, 4) is 0 Å². The zero-order valence-electron chi connectivity index (χ0n) is 9.82. The van der Waals surface area contributed by atoms with E-state index < -0.39 is 0 Å². The molecule has 1 aromatic rings. The van der Waals surface area contributed by atoms with Gasteiger partial charge >= 0.3 is 0 Å². The molecule has 2 N–H and O–H groups in total. The van der Waals surface area contributed by atoms with Crippen molar-refractivity contribution in [1.29, 1.82) is 0 Å². The van der Waals surface area contributed by atoms with Gasteiger partial charge in [-0.15, -0.1) is 11.3 Å². The second kappa shape index (κ2) is 4.65. The van der Waals surface area contributed by atoms with Crippen LogP contribution in [0.1, 0.15) is 30.6 Å². The Labute approximate surface area is 115 Å². The van der Waals surface area contributed by atoms with E-state index in [0.717, 1.165) is 19.1 Å². The molecular weight excluding hydrogens is 298 g/mol. The molecule has 0 unspecified atom stereocenters. The van der Waals surface area contributed by atoms with Crippen molar-refractivity contribution in [2.24, 2.45) is 11.7 Å². The van der Waals surface area contributed by atoms with Crippen molar-refractivity contribution in [3.05, 3.63) is 20.8 Å². The van der Waals surface area contributed by atoms with Crippen molar-refractivity contribution in [2.75, 3.05) is 13.2 Å². The highest BCUT2D eigenvalue weighted by atomic mass is 79.9. The van der Waals surface area contributed by atoms with Crippen LogP contribution in [0.3, 0.4) is 0 Å². The summed E-state index contributed by atoms with van der Waals surface area (Å²) in [6.45, 7) is 1.81. The summed E-state index contributed by atoms with van der Waals surface area (Å²) in [4.78, 5) is 1.50. The van der Waals surface area contributed by atoms with Crippen LogP contribution in [0.15, 0.2) is 15.9 Å². The van der Waals surface area contributed by atoms with E-state index in [-0.39, 0.29) is 0 Å². The van der Waals surface area contributed by atoms with Gasteiger partial charge < -0.3 is 10.5 Å². The molecule has 0 amide bonds. The van der Waals surface area contributed by atoms with Crippen LogP contribution in [-0.2, 0) is 10.2 Å². The van der Waals surface area contributed by atoms with Gasteiger partial charge in [-0.25, -0.2) is 0 Å². The summed E-state index contributed by atoms with van der Waals surface area (Å²) in [5.74, 6) is 0.765. The maximum atomic E-state index is 6.01. The molecule has 0 aromatic carbocycles. The summed E-state index contributed by atoms with van der Waals surface area (Å²) in [5, 5.41) is 0. The van der Waals surface area contributed by atoms with E-state index in [1.807, 2.05) is 11.3 Å². The van der Waals surface area contributed by atoms with Gasteiger partial charge in [0.2, 0.25) is 0 Å². The Morgan fingerprint density at radius 1 is 1.24 bits per heavy atom. The molecule has 94 valence electrons. The van der Waals surface area contributed by atoms with Crippen molar-refractivity contribution in [3.63, 3.8) is 0 Å². The van der Waals surface area contributed by atoms with E-state index in [4.69, 9.17) is 10.5 Å². The summed E-state index contributed by atoms with van der Waals surface area (Å²) in [5.41, 5.74) is 6.31. The molecule has 0 radical (unpaired) electrons. The van der Waals surface area contributed by atoms with Gasteiger partial charge in [-0.3, -0.25) is 0 Å². The van der Waals surface area contributed by atoms with Gasteiger partial charge in [0.25, 0.3) is 0 Å². The molecule has 2 aliphatic rings. The van der Waals surface area contributed by atoms with Gasteiger partial charge in [0.05, 0.1) is 22.4 Å². The lowest BCUT2D eigenvalue weighted by molar-refractivity contribution is -0.0965. The van der Waals surface area contributed by atoms with Gasteiger partial charge in [-0.2, -0.15) is 0 Å². The Hall–Kier alpha value is 0.1000. The van der Waals surface area contributed by atoms with E-state index in [0.29, 0.717) is 11.5 Å². The highest BCUT2D eigenvalue weighted by molar-refractivity contribution is 9.11. The normalized spacial score (nSPS) is 32.1. The fourth-order valence-corrected chi connectivity index (χ4v) is 4.78. The van der Waals surface area contributed by atoms with Crippen molar-refractivity contribution < 1.29 is 4.74 Å². The smallest absolute Gasteiger partial charge is 0.0701 e. The molecule has 1 saturated heterocycles. The zero-order chi connectivity index (χ0) is 11.9. The monoisotopic (exact) mass is 315 g/mol. The Morgan fingerprint density at radius 3 is 2.41 bits per heavy atom. The van der Waals surface area contributed by atoms with Gasteiger partial charge in [0, 0.05) is 10.9 Å². The van der Waals surface area contributed by atoms with Crippen molar-refractivity contribution in [2.45, 2.75) is 37.1 Å². The highest BCUT2D eigenvalue weighted by Crippen LogP contribution is 2.48. The number of rotatable bonds is 2. The Bertz CT molecular complexity index is 394. The molecule has 0 atom stereocenters. The lowest BCUT2D eigenvalue weighted by Crippen LogP contribution is -2.53. The lowest BCUT2D eigenvalue weighted by Gasteiger charge is -2.48. The van der Waals surface area contributed by atoms with Crippen LogP contribution in [0.25, 0.3) is 0 Å². The zero-order valence-corrected chi connectivity index (χ0v) is 12.2. The van der Waals surface area contributed by atoms with Crippen LogP contribution < -0.4 is 5.73 Å². The molecular formula is C13H18BrNOS. The third-order valence-corrected chi connectivity index (χ3v) is 6.18. The largest absolute Gasteiger partial charge is 0.379 e. The van der Waals surface area contributed by atoms with E-state index in [9.17, 15) is 0 Å². The van der Waals surface area contributed by atoms with Crippen LogP contribution in [0.4, 0.5) is 0 Å². The van der Waals surface area contributed by atoms with Gasteiger partial charge in [-0.05, 0) is 59.7 Å². The Kier molecular flexibility index (Phi) is 3.32. The fourth-order valence-electron chi connectivity index (χ4n) is 3.15. The van der Waals surface area contributed by atoms with E-state index in [2.05, 4.69) is 28.1 Å². The molecule has 0 bridgehead atoms. The molecule has 4 heteroatoms. The second-order valence-corrected chi connectivity index (χ2v) is 7.83. The molecule has 1 saturated carbocycles. The number of hydrogen-bond donors (Lipinski definition) is 1. The quantitative estimate of drug-likeness (QED) is 0.908. The number of nitrogens with two attached hydrogens (primary N) is 1. The third kappa shape index (κ3) is 2.09. The fraction of sp³-hybridized carbons (Fsp3) is 0.692. The van der Waals surface area contributed by atoms with E-state index in [1.165, 1.54) is 34.3 Å². The van der Waals surface area contributed by atoms with E-state index in [1.54, 1.807) is 0 Å². The second-order valence-electron chi connectivity index (χ2n) is 5.36. The number of halogens is 1. The first-order chi connectivity index (χ1) is 8.21. The van der Waals surface area contributed by atoms with Crippen molar-refractivity contribution >= 4 is 27.3 Å². The van der Waals surface area contributed by atoms with Crippen molar-refractivity contribution in [1.82, 2.24) is 0 Å². The van der Waals surface area contributed by atoms with Crippen LogP contribution in [0, 0.1) is 5.92 Å². The molecule has 2 fully saturated rings. The summed E-state index contributed by atoms with van der Waals surface area (Å²) in [6.07, 6.45) is 4.89. The summed E-state index contributed by atoms with van der Waals surface area (Å²) in [7, 11) is 0. The molecule has 1 aliphatic heterocycles. The average Bonchev–Trinajstić information content (AvgIpc) is 2.67. The third-order valence-electron chi connectivity index (χ3n) is 4.34. The number of ether oxygens (including phenoxy) is 1. The van der Waals surface area contributed by atoms with Crippen LogP contribution in [0.5, 0.6) is 0 Å². The summed E-state index contributed by atoms with van der Waals surface area (Å²) < 4.78 is 6.77. The standard InChI is InChI=1S/C13H18BrNOS/c14-12-6-5-11(17-12)13(7-16-8-13)9-1-3-10(15)4-2-9/h5-6,9-10H,1-4,7-8,15H2. The van der Waals surface area contributed by atoms with Gasteiger partial charge in [0.15, 0.2) is 0 Å². The first-order valence-corrected chi connectivity index (χ1v) is 7.91. The van der Waals surface area contributed by atoms with Gasteiger partial charge in [0.1, 0.15) is 0 Å². The van der Waals surface area contributed by atoms with E-state index >= 15 is 0 Å². The minimum atomic E-state index is 0.302. The van der Waals surface area contributed by atoms with Gasteiger partial charge in [-0.1, -0.05) is 0 Å². The first-order valence-electron chi connectivity index (χ1n) is 6.30. The summed E-state index contributed by atoms with van der Waals surface area (Å²) in [6, 6.07) is 4.86. The lowest BCUT2D eigenvalue weighted by atomic mass is 9.66. The molecule has 2 heterocycles. The van der Waals surface area contributed by atoms with Crippen LogP contribution >= 0.6 is 27.3 Å². The predicted octanol–water partition coefficient (Wildman–Crippen LogP) is 3.30. The Morgan fingerprint density at radius 2 is 1.94 bits per heavy atom. The highest BCUT2D eigenvalue weighted by Gasteiger charge is 2.48. The Balaban J connectivity index is 1.82. The number of hydrogen-bond acceptors (Lipinski definition) is 3.